The van der Waals surface area contributed by atoms with E-state index in [0.29, 0.717) is 6.61 Å². The second kappa shape index (κ2) is 7.62. The quantitative estimate of drug-likeness (QED) is 0.458. The van der Waals surface area contributed by atoms with Crippen molar-refractivity contribution in [3.05, 3.63) is 47.5 Å². The van der Waals surface area contributed by atoms with Crippen molar-refractivity contribution in [3.63, 3.8) is 0 Å². The Balaban J connectivity index is 1.82. The molecule has 1 aromatic carbocycles. The number of methoxy groups -OCH3 is 1. The molecule has 2 rings (SSSR count). The number of allylic oxidation sites excluding steroid dienone is 1. The SMILES string of the molecule is COC(=O)/C=C/CCCCC1C(=O)OCc2ccccc21. The lowest BCUT2D eigenvalue weighted by Gasteiger charge is -2.24. The molecule has 1 atom stereocenters. The van der Waals surface area contributed by atoms with Crippen molar-refractivity contribution in [3.8, 4) is 0 Å². The third-order valence-corrected chi connectivity index (χ3v) is 3.65. The number of hydrogen-bond acceptors (Lipinski definition) is 4. The fraction of sp³-hybridized carbons (Fsp3) is 0.412. The highest BCUT2D eigenvalue weighted by atomic mass is 16.5. The number of carbonyl (C=O) groups excluding carboxylic acids is 2. The van der Waals surface area contributed by atoms with Gasteiger partial charge in [0.1, 0.15) is 6.61 Å². The van der Waals surface area contributed by atoms with Gasteiger partial charge in [-0.3, -0.25) is 4.79 Å². The minimum atomic E-state index is -0.334. The number of hydrogen-bond donors (Lipinski definition) is 0. The number of cyclic esters (lactones) is 1. The molecular formula is C17H20O4. The highest BCUT2D eigenvalue weighted by molar-refractivity contribution is 5.81. The van der Waals surface area contributed by atoms with Gasteiger partial charge < -0.3 is 9.47 Å². The van der Waals surface area contributed by atoms with Gasteiger partial charge in [-0.25, -0.2) is 4.79 Å². The van der Waals surface area contributed by atoms with E-state index in [0.717, 1.165) is 36.8 Å². The fourth-order valence-electron chi connectivity index (χ4n) is 2.51. The van der Waals surface area contributed by atoms with Crippen LogP contribution in [-0.2, 0) is 25.7 Å². The lowest BCUT2D eigenvalue weighted by Crippen LogP contribution is -2.22. The number of carbonyl (C=O) groups is 2. The number of unbranched alkanes of at least 4 members (excludes halogenated alkanes) is 2. The molecule has 0 fully saturated rings. The highest BCUT2D eigenvalue weighted by Crippen LogP contribution is 2.31. The third-order valence-electron chi connectivity index (χ3n) is 3.65. The van der Waals surface area contributed by atoms with Crippen molar-refractivity contribution >= 4 is 11.9 Å². The molecule has 1 unspecified atom stereocenters. The van der Waals surface area contributed by atoms with Crippen LogP contribution < -0.4 is 0 Å². The van der Waals surface area contributed by atoms with Crippen molar-refractivity contribution < 1.29 is 19.1 Å². The average Bonchev–Trinajstić information content (AvgIpc) is 2.52. The second-order valence-corrected chi connectivity index (χ2v) is 5.07. The van der Waals surface area contributed by atoms with Gasteiger partial charge in [0.25, 0.3) is 0 Å². The Kier molecular flexibility index (Phi) is 5.55. The second-order valence-electron chi connectivity index (χ2n) is 5.07. The minimum absolute atomic E-state index is 0.126. The number of fused-ring (bicyclic) bond motifs is 1. The molecule has 0 radical (unpaired) electrons. The molecular weight excluding hydrogens is 268 g/mol. The molecule has 0 saturated carbocycles. The molecule has 0 spiro atoms. The van der Waals surface area contributed by atoms with Crippen molar-refractivity contribution in [2.45, 2.75) is 38.2 Å². The first-order valence-corrected chi connectivity index (χ1v) is 7.21. The van der Waals surface area contributed by atoms with Gasteiger partial charge in [0.2, 0.25) is 0 Å². The summed E-state index contributed by atoms with van der Waals surface area (Å²) in [5.41, 5.74) is 2.20. The van der Waals surface area contributed by atoms with E-state index in [9.17, 15) is 9.59 Å². The maximum Gasteiger partial charge on any atom is 0.330 e. The molecule has 4 nitrogen and oxygen atoms in total. The Morgan fingerprint density at radius 3 is 3.00 bits per heavy atom. The summed E-state index contributed by atoms with van der Waals surface area (Å²) in [6.45, 7) is 0.382. The van der Waals surface area contributed by atoms with Crippen LogP contribution in [0.25, 0.3) is 0 Å². The zero-order chi connectivity index (χ0) is 15.1. The predicted molar refractivity (Wildman–Crippen MR) is 78.6 cm³/mol. The van der Waals surface area contributed by atoms with Gasteiger partial charge in [0, 0.05) is 6.08 Å². The Morgan fingerprint density at radius 2 is 2.19 bits per heavy atom. The van der Waals surface area contributed by atoms with E-state index in [2.05, 4.69) is 4.74 Å². The monoisotopic (exact) mass is 288 g/mol. The summed E-state index contributed by atoms with van der Waals surface area (Å²) in [7, 11) is 1.36. The van der Waals surface area contributed by atoms with E-state index < -0.39 is 0 Å². The molecule has 112 valence electrons. The van der Waals surface area contributed by atoms with E-state index >= 15 is 0 Å². The molecule has 0 amide bonds. The Labute approximate surface area is 124 Å². The van der Waals surface area contributed by atoms with Crippen LogP contribution in [0.4, 0.5) is 0 Å². The molecule has 1 aromatic rings. The van der Waals surface area contributed by atoms with Crippen LogP contribution in [0.15, 0.2) is 36.4 Å². The van der Waals surface area contributed by atoms with E-state index in [4.69, 9.17) is 4.74 Å². The predicted octanol–water partition coefficient (Wildman–Crippen LogP) is 3.12. The van der Waals surface area contributed by atoms with Crippen LogP contribution in [-0.4, -0.2) is 19.0 Å². The van der Waals surface area contributed by atoms with Gasteiger partial charge in [0.15, 0.2) is 0 Å². The molecule has 0 saturated heterocycles. The number of esters is 2. The summed E-state index contributed by atoms with van der Waals surface area (Å²) in [5.74, 6) is -0.613. The Hall–Kier alpha value is -2.10. The van der Waals surface area contributed by atoms with E-state index in [1.165, 1.54) is 13.2 Å². The summed E-state index contributed by atoms with van der Waals surface area (Å²) in [4.78, 5) is 22.8. The van der Waals surface area contributed by atoms with Crippen molar-refractivity contribution in [2.24, 2.45) is 0 Å². The fourth-order valence-corrected chi connectivity index (χ4v) is 2.51. The van der Waals surface area contributed by atoms with Gasteiger partial charge in [-0.1, -0.05) is 36.8 Å². The standard InChI is InChI=1S/C17H20O4/c1-20-16(18)11-5-3-2-4-10-15-14-9-7-6-8-13(14)12-21-17(15)19/h5-9,11,15H,2-4,10,12H2,1H3/b11-5+. The molecule has 0 aliphatic carbocycles. The first kappa shape index (κ1) is 15.3. The summed E-state index contributed by atoms with van der Waals surface area (Å²) in [6, 6.07) is 7.95. The molecule has 1 heterocycles. The molecule has 0 bridgehead atoms. The Bertz CT molecular complexity index is 533. The molecule has 0 aromatic heterocycles. The van der Waals surface area contributed by atoms with Gasteiger partial charge in [-0.2, -0.15) is 0 Å². The van der Waals surface area contributed by atoms with E-state index in [1.54, 1.807) is 6.08 Å². The average molecular weight is 288 g/mol. The van der Waals surface area contributed by atoms with E-state index in [-0.39, 0.29) is 17.9 Å². The van der Waals surface area contributed by atoms with Crippen molar-refractivity contribution in [2.75, 3.05) is 7.11 Å². The molecule has 0 N–H and O–H groups in total. The number of rotatable bonds is 6. The third kappa shape index (κ3) is 4.18. The van der Waals surface area contributed by atoms with Crippen LogP contribution in [0.5, 0.6) is 0 Å². The van der Waals surface area contributed by atoms with Gasteiger partial charge in [0.05, 0.1) is 13.0 Å². The van der Waals surface area contributed by atoms with Crippen molar-refractivity contribution in [1.82, 2.24) is 0 Å². The zero-order valence-corrected chi connectivity index (χ0v) is 12.2. The minimum Gasteiger partial charge on any atom is -0.466 e. The lowest BCUT2D eigenvalue weighted by atomic mass is 9.88. The van der Waals surface area contributed by atoms with Crippen LogP contribution >= 0.6 is 0 Å². The normalized spacial score (nSPS) is 17.4. The van der Waals surface area contributed by atoms with Crippen LogP contribution in [0.1, 0.15) is 42.7 Å². The first-order valence-electron chi connectivity index (χ1n) is 7.21. The van der Waals surface area contributed by atoms with E-state index in [1.807, 2.05) is 24.3 Å². The summed E-state index contributed by atoms with van der Waals surface area (Å²) < 4.78 is 9.75. The van der Waals surface area contributed by atoms with Crippen LogP contribution in [0, 0.1) is 0 Å². The van der Waals surface area contributed by atoms with Crippen LogP contribution in [0.2, 0.25) is 0 Å². The largest absolute Gasteiger partial charge is 0.466 e. The smallest absolute Gasteiger partial charge is 0.330 e. The van der Waals surface area contributed by atoms with Crippen LogP contribution in [0.3, 0.4) is 0 Å². The summed E-state index contributed by atoms with van der Waals surface area (Å²) in [6.07, 6.45) is 6.67. The van der Waals surface area contributed by atoms with Crippen molar-refractivity contribution in [1.29, 1.82) is 0 Å². The topological polar surface area (TPSA) is 52.6 Å². The molecule has 21 heavy (non-hydrogen) atoms. The molecule has 1 aliphatic rings. The first-order chi connectivity index (χ1) is 10.2. The van der Waals surface area contributed by atoms with Gasteiger partial charge in [-0.05, 0) is 30.4 Å². The maximum absolute atomic E-state index is 11.9. The van der Waals surface area contributed by atoms with Gasteiger partial charge >= 0.3 is 11.9 Å². The van der Waals surface area contributed by atoms with Gasteiger partial charge in [-0.15, -0.1) is 0 Å². The number of ether oxygens (including phenoxy) is 2. The molecule has 4 heteroatoms. The zero-order valence-electron chi connectivity index (χ0n) is 12.2. The Morgan fingerprint density at radius 1 is 1.38 bits per heavy atom. The lowest BCUT2D eigenvalue weighted by molar-refractivity contribution is -0.148. The highest BCUT2D eigenvalue weighted by Gasteiger charge is 2.28. The maximum atomic E-state index is 11.9. The number of benzene rings is 1. The summed E-state index contributed by atoms with van der Waals surface area (Å²) in [5, 5.41) is 0. The summed E-state index contributed by atoms with van der Waals surface area (Å²) >= 11 is 0. The molecule has 1 aliphatic heterocycles.